The fraction of sp³-hybridized carbons (Fsp3) is 0.667. The first-order valence-corrected chi connectivity index (χ1v) is 8.25. The van der Waals surface area contributed by atoms with E-state index in [1.165, 1.54) is 55.3 Å². The summed E-state index contributed by atoms with van der Waals surface area (Å²) < 4.78 is 0. The lowest BCUT2D eigenvalue weighted by molar-refractivity contribution is 0.553. The lowest BCUT2D eigenvalue weighted by Crippen LogP contribution is -2.31. The first-order valence-electron chi connectivity index (χ1n) is 8.25. The SMILES string of the molecule is CCNCc1ccc(N(C)C2CCCCCC2)cc1C. The molecule has 0 bridgehead atoms. The molecule has 0 atom stereocenters. The number of hydrogen-bond donors (Lipinski definition) is 1. The summed E-state index contributed by atoms with van der Waals surface area (Å²) in [6.45, 7) is 6.40. The van der Waals surface area contributed by atoms with E-state index in [4.69, 9.17) is 0 Å². The number of hydrogen-bond acceptors (Lipinski definition) is 2. The van der Waals surface area contributed by atoms with Gasteiger partial charge in [0, 0.05) is 25.3 Å². The zero-order chi connectivity index (χ0) is 14.4. The minimum absolute atomic E-state index is 0.733. The summed E-state index contributed by atoms with van der Waals surface area (Å²) in [6.07, 6.45) is 8.35. The van der Waals surface area contributed by atoms with Crippen LogP contribution in [0.5, 0.6) is 0 Å². The number of nitrogens with one attached hydrogen (secondary N) is 1. The van der Waals surface area contributed by atoms with Gasteiger partial charge in [-0.15, -0.1) is 0 Å². The van der Waals surface area contributed by atoms with Crippen LogP contribution in [0.25, 0.3) is 0 Å². The van der Waals surface area contributed by atoms with E-state index in [1.807, 2.05) is 0 Å². The van der Waals surface area contributed by atoms with E-state index in [2.05, 4.69) is 49.3 Å². The van der Waals surface area contributed by atoms with Gasteiger partial charge in [-0.1, -0.05) is 38.7 Å². The summed E-state index contributed by atoms with van der Waals surface area (Å²) in [6, 6.07) is 7.68. The van der Waals surface area contributed by atoms with Crippen LogP contribution in [0.2, 0.25) is 0 Å². The topological polar surface area (TPSA) is 15.3 Å². The molecule has 1 aliphatic rings. The third-order valence-corrected chi connectivity index (χ3v) is 4.67. The average molecular weight is 274 g/mol. The first kappa shape index (κ1) is 15.4. The lowest BCUT2D eigenvalue weighted by Gasteiger charge is -2.30. The van der Waals surface area contributed by atoms with Gasteiger partial charge in [0.25, 0.3) is 0 Å². The van der Waals surface area contributed by atoms with Crippen LogP contribution < -0.4 is 10.2 Å². The maximum Gasteiger partial charge on any atom is 0.0368 e. The second-order valence-electron chi connectivity index (χ2n) is 6.15. The van der Waals surface area contributed by atoms with Gasteiger partial charge in [0.15, 0.2) is 0 Å². The number of benzene rings is 1. The zero-order valence-electron chi connectivity index (χ0n) is 13.4. The van der Waals surface area contributed by atoms with Crippen LogP contribution >= 0.6 is 0 Å². The van der Waals surface area contributed by atoms with Crippen molar-refractivity contribution in [1.82, 2.24) is 5.32 Å². The van der Waals surface area contributed by atoms with Gasteiger partial charge in [0.2, 0.25) is 0 Å². The summed E-state index contributed by atoms with van der Waals surface area (Å²) in [5.41, 5.74) is 4.21. The van der Waals surface area contributed by atoms with Crippen molar-refractivity contribution in [2.24, 2.45) is 0 Å². The Morgan fingerprint density at radius 2 is 1.85 bits per heavy atom. The minimum atomic E-state index is 0.733. The van der Waals surface area contributed by atoms with Gasteiger partial charge in [0.05, 0.1) is 0 Å². The van der Waals surface area contributed by atoms with Crippen molar-refractivity contribution in [3.05, 3.63) is 29.3 Å². The highest BCUT2D eigenvalue weighted by Crippen LogP contribution is 2.26. The second kappa shape index (κ2) is 7.68. The monoisotopic (exact) mass is 274 g/mol. The Labute approximate surface area is 124 Å². The van der Waals surface area contributed by atoms with Gasteiger partial charge >= 0.3 is 0 Å². The summed E-state index contributed by atoms with van der Waals surface area (Å²) in [5, 5.41) is 3.41. The van der Waals surface area contributed by atoms with Crippen LogP contribution in [-0.4, -0.2) is 19.6 Å². The maximum absolute atomic E-state index is 3.41. The van der Waals surface area contributed by atoms with E-state index in [0.29, 0.717) is 0 Å². The third kappa shape index (κ3) is 3.99. The van der Waals surface area contributed by atoms with E-state index in [-0.39, 0.29) is 0 Å². The largest absolute Gasteiger partial charge is 0.372 e. The quantitative estimate of drug-likeness (QED) is 0.807. The Morgan fingerprint density at radius 3 is 2.45 bits per heavy atom. The number of nitrogens with zero attached hydrogens (tertiary/aromatic N) is 1. The Morgan fingerprint density at radius 1 is 1.15 bits per heavy atom. The van der Waals surface area contributed by atoms with Crippen molar-refractivity contribution >= 4 is 5.69 Å². The Kier molecular flexibility index (Phi) is 5.90. The first-order chi connectivity index (χ1) is 9.72. The van der Waals surface area contributed by atoms with Crippen molar-refractivity contribution in [3.63, 3.8) is 0 Å². The van der Waals surface area contributed by atoms with Crippen molar-refractivity contribution in [2.45, 2.75) is 65.0 Å². The van der Waals surface area contributed by atoms with E-state index in [0.717, 1.165) is 19.1 Å². The number of anilines is 1. The highest BCUT2D eigenvalue weighted by atomic mass is 15.1. The summed E-state index contributed by atoms with van der Waals surface area (Å²) in [5.74, 6) is 0. The molecule has 2 rings (SSSR count). The van der Waals surface area contributed by atoms with Crippen molar-refractivity contribution < 1.29 is 0 Å². The molecule has 1 N–H and O–H groups in total. The molecule has 0 saturated heterocycles. The minimum Gasteiger partial charge on any atom is -0.372 e. The Bertz CT molecular complexity index is 406. The fourth-order valence-corrected chi connectivity index (χ4v) is 3.21. The van der Waals surface area contributed by atoms with Gasteiger partial charge in [-0.05, 0) is 49.6 Å². The molecule has 0 unspecified atom stereocenters. The number of rotatable bonds is 5. The van der Waals surface area contributed by atoms with Crippen LogP contribution in [0.4, 0.5) is 5.69 Å². The maximum atomic E-state index is 3.41. The summed E-state index contributed by atoms with van der Waals surface area (Å²) >= 11 is 0. The highest BCUT2D eigenvalue weighted by Gasteiger charge is 2.17. The smallest absolute Gasteiger partial charge is 0.0368 e. The molecule has 0 aliphatic heterocycles. The molecule has 1 fully saturated rings. The van der Waals surface area contributed by atoms with Crippen molar-refractivity contribution in [2.75, 3.05) is 18.5 Å². The van der Waals surface area contributed by atoms with E-state index in [9.17, 15) is 0 Å². The number of aryl methyl sites for hydroxylation is 1. The molecule has 1 aromatic rings. The average Bonchev–Trinajstić information content (AvgIpc) is 2.74. The Hall–Kier alpha value is -1.02. The third-order valence-electron chi connectivity index (χ3n) is 4.67. The highest BCUT2D eigenvalue weighted by molar-refractivity contribution is 5.51. The van der Waals surface area contributed by atoms with Gasteiger partial charge in [-0.3, -0.25) is 0 Å². The van der Waals surface area contributed by atoms with Gasteiger partial charge in [-0.2, -0.15) is 0 Å². The molecule has 112 valence electrons. The summed E-state index contributed by atoms with van der Waals surface area (Å²) in [4.78, 5) is 2.51. The van der Waals surface area contributed by atoms with E-state index in [1.54, 1.807) is 0 Å². The van der Waals surface area contributed by atoms with Crippen LogP contribution in [0.15, 0.2) is 18.2 Å². The molecular weight excluding hydrogens is 244 g/mol. The van der Waals surface area contributed by atoms with Crippen LogP contribution in [0.1, 0.15) is 56.6 Å². The van der Waals surface area contributed by atoms with Gasteiger partial charge in [0.1, 0.15) is 0 Å². The molecule has 0 heterocycles. The second-order valence-corrected chi connectivity index (χ2v) is 6.15. The zero-order valence-corrected chi connectivity index (χ0v) is 13.4. The van der Waals surface area contributed by atoms with E-state index < -0.39 is 0 Å². The van der Waals surface area contributed by atoms with Gasteiger partial charge in [-0.25, -0.2) is 0 Å². The standard InChI is InChI=1S/C18H30N2/c1-4-19-14-16-11-12-18(13-15(16)2)20(3)17-9-7-5-6-8-10-17/h11-13,17,19H,4-10,14H2,1-3H3. The normalized spacial score (nSPS) is 16.9. The van der Waals surface area contributed by atoms with Crippen molar-refractivity contribution in [1.29, 1.82) is 0 Å². The van der Waals surface area contributed by atoms with Crippen LogP contribution in [0.3, 0.4) is 0 Å². The fourth-order valence-electron chi connectivity index (χ4n) is 3.21. The van der Waals surface area contributed by atoms with Crippen LogP contribution in [-0.2, 0) is 6.54 Å². The molecule has 2 nitrogen and oxygen atoms in total. The molecule has 1 saturated carbocycles. The lowest BCUT2D eigenvalue weighted by atomic mass is 10.0. The molecule has 1 aliphatic carbocycles. The molecule has 2 heteroatoms. The molecule has 0 spiro atoms. The molecule has 0 amide bonds. The van der Waals surface area contributed by atoms with E-state index >= 15 is 0 Å². The molecule has 1 aromatic carbocycles. The molecular formula is C18H30N2. The Balaban J connectivity index is 2.05. The molecule has 20 heavy (non-hydrogen) atoms. The van der Waals surface area contributed by atoms with Crippen LogP contribution in [0, 0.1) is 6.92 Å². The predicted molar refractivity (Wildman–Crippen MR) is 88.5 cm³/mol. The molecule has 0 aromatic heterocycles. The van der Waals surface area contributed by atoms with Gasteiger partial charge < -0.3 is 10.2 Å². The summed E-state index contributed by atoms with van der Waals surface area (Å²) in [7, 11) is 2.27. The molecule has 0 radical (unpaired) electrons. The predicted octanol–water partition coefficient (Wildman–Crippen LogP) is 4.26. The van der Waals surface area contributed by atoms with Crippen molar-refractivity contribution in [3.8, 4) is 0 Å².